The van der Waals surface area contributed by atoms with E-state index in [-0.39, 0.29) is 30.2 Å². The van der Waals surface area contributed by atoms with Gasteiger partial charge in [-0.3, -0.25) is 9.05 Å². The third kappa shape index (κ3) is 7.43. The smallest absolute Gasteiger partial charge is 0.321 e. The Morgan fingerprint density at radius 3 is 2.15 bits per heavy atom. The van der Waals surface area contributed by atoms with E-state index in [0.717, 1.165) is 7.11 Å². The van der Waals surface area contributed by atoms with Crippen molar-refractivity contribution in [3.05, 3.63) is 0 Å². The Kier molecular flexibility index (Phi) is 8.37. The normalized spacial score (nSPS) is 15.6. The first-order valence-electron chi connectivity index (χ1n) is 5.72. The minimum absolute atomic E-state index is 0.0409. The van der Waals surface area contributed by atoms with Crippen molar-refractivity contribution in [2.75, 3.05) is 47.4 Å². The maximum atomic E-state index is 11.1. The third-order valence-electron chi connectivity index (χ3n) is 2.87. The van der Waals surface area contributed by atoms with Crippen LogP contribution in [0.5, 0.6) is 0 Å². The summed E-state index contributed by atoms with van der Waals surface area (Å²) in [6.07, 6.45) is 2.85. The molecular weight excluding hydrogens is 289 g/mol. The molecule has 0 aliphatic carbocycles. The Hall–Kier alpha value is -1.17. The zero-order valence-corrected chi connectivity index (χ0v) is 12.6. The van der Waals surface area contributed by atoms with Gasteiger partial charge in [-0.2, -0.15) is 9.98 Å². The van der Waals surface area contributed by atoms with Crippen LogP contribution in [0.2, 0.25) is 0 Å². The highest BCUT2D eigenvalue weighted by atomic mass is 31.2. The summed E-state index contributed by atoms with van der Waals surface area (Å²) >= 11 is 0. The van der Waals surface area contributed by atoms with Crippen molar-refractivity contribution in [1.82, 2.24) is 0 Å². The van der Waals surface area contributed by atoms with Crippen LogP contribution in [0.4, 0.5) is 0 Å². The van der Waals surface area contributed by atoms with E-state index < -0.39 is 7.82 Å². The molecule has 0 aromatic rings. The van der Waals surface area contributed by atoms with E-state index in [0.29, 0.717) is 6.54 Å². The fourth-order valence-electron chi connectivity index (χ4n) is 1.41. The molecule has 0 saturated carbocycles. The first kappa shape index (κ1) is 18.8. The van der Waals surface area contributed by atoms with E-state index in [1.807, 2.05) is 0 Å². The van der Waals surface area contributed by atoms with Crippen LogP contribution in [0.15, 0.2) is 9.98 Å². The summed E-state index contributed by atoms with van der Waals surface area (Å²) in [7, 11) is 0.648. The number of likely N-dealkylation sites (N-methyl/N-ethyl adjacent to an activating group) is 1. The highest BCUT2D eigenvalue weighted by Crippen LogP contribution is 2.41. The summed E-state index contributed by atoms with van der Waals surface area (Å²) in [4.78, 5) is 36.4. The molecule has 0 bridgehead atoms. The first-order valence-corrected chi connectivity index (χ1v) is 7.21. The van der Waals surface area contributed by atoms with E-state index in [4.69, 9.17) is 9.42 Å². The molecule has 0 aromatic heterocycles. The second kappa shape index (κ2) is 8.89. The highest BCUT2D eigenvalue weighted by Gasteiger charge is 2.29. The number of rotatable bonds is 10. The van der Waals surface area contributed by atoms with Crippen molar-refractivity contribution >= 4 is 20.0 Å². The van der Waals surface area contributed by atoms with Gasteiger partial charge in [-0.1, -0.05) is 0 Å². The molecule has 1 N–H and O–H groups in total. The molecule has 10 heteroatoms. The molecule has 0 spiro atoms. The lowest BCUT2D eigenvalue weighted by Gasteiger charge is -2.36. The number of phosphoric acid groups is 1. The molecule has 0 aliphatic heterocycles. The van der Waals surface area contributed by atoms with Gasteiger partial charge >= 0.3 is 7.82 Å². The molecule has 20 heavy (non-hydrogen) atoms. The van der Waals surface area contributed by atoms with Crippen LogP contribution in [-0.2, 0) is 23.2 Å². The van der Waals surface area contributed by atoms with Crippen molar-refractivity contribution in [3.63, 3.8) is 0 Å². The summed E-state index contributed by atoms with van der Waals surface area (Å²) in [6, 6.07) is -0.276. The fraction of sp³-hybridized carbons (Fsp3) is 0.800. The van der Waals surface area contributed by atoms with Crippen molar-refractivity contribution in [1.29, 1.82) is 0 Å². The molecule has 114 valence electrons. The van der Waals surface area contributed by atoms with Crippen molar-refractivity contribution in [2.24, 2.45) is 9.98 Å². The van der Waals surface area contributed by atoms with Gasteiger partial charge in [0, 0.05) is 7.11 Å². The largest absolute Gasteiger partial charge is 0.472 e. The van der Waals surface area contributed by atoms with Crippen molar-refractivity contribution < 1.29 is 32.6 Å². The Balaban J connectivity index is 4.63. The molecule has 0 amide bonds. The topological polar surface area (TPSA) is 115 Å². The number of hydrogen-bond donors (Lipinski definition) is 1. The molecule has 0 radical (unpaired) electrons. The van der Waals surface area contributed by atoms with Gasteiger partial charge in [0.05, 0.1) is 14.1 Å². The van der Waals surface area contributed by atoms with Gasteiger partial charge in [0.25, 0.3) is 0 Å². The Bertz CT molecular complexity index is 422. The van der Waals surface area contributed by atoms with Crippen LogP contribution < -0.4 is 0 Å². The van der Waals surface area contributed by atoms with Crippen LogP contribution in [0.1, 0.15) is 0 Å². The van der Waals surface area contributed by atoms with Crippen LogP contribution in [0.3, 0.4) is 0 Å². The Labute approximate surface area is 117 Å². The van der Waals surface area contributed by atoms with E-state index in [1.54, 1.807) is 14.1 Å². The maximum absolute atomic E-state index is 11.1. The van der Waals surface area contributed by atoms with E-state index in [1.165, 1.54) is 12.2 Å². The molecule has 0 rings (SSSR count). The van der Waals surface area contributed by atoms with Gasteiger partial charge in [0.1, 0.15) is 32.3 Å². The molecule has 1 unspecified atom stereocenters. The summed E-state index contributed by atoms with van der Waals surface area (Å²) in [5, 5.41) is 0. The molecule has 0 aliphatic rings. The zero-order valence-electron chi connectivity index (χ0n) is 11.7. The van der Waals surface area contributed by atoms with Crippen molar-refractivity contribution in [2.45, 2.75) is 6.04 Å². The number of aliphatic imine (C=N–C) groups is 2. The highest BCUT2D eigenvalue weighted by molar-refractivity contribution is 7.47. The van der Waals surface area contributed by atoms with E-state index in [9.17, 15) is 14.2 Å². The summed E-state index contributed by atoms with van der Waals surface area (Å²) < 4.78 is 20.4. The van der Waals surface area contributed by atoms with Crippen LogP contribution in [0.25, 0.3) is 0 Å². The fourth-order valence-corrected chi connectivity index (χ4v) is 1.83. The SMILES string of the molecule is COP(=O)(O)OCC[N+](C)(C)C(CN=C=O)CN=C=O. The predicted molar refractivity (Wildman–Crippen MR) is 69.5 cm³/mol. The van der Waals surface area contributed by atoms with E-state index >= 15 is 0 Å². The summed E-state index contributed by atoms with van der Waals surface area (Å²) in [5.74, 6) is 0. The number of phosphoric ester groups is 1. The van der Waals surface area contributed by atoms with Gasteiger partial charge in [0.2, 0.25) is 12.2 Å². The number of carbonyl (C=O) groups excluding carboxylic acids is 2. The van der Waals surface area contributed by atoms with Crippen molar-refractivity contribution in [3.8, 4) is 0 Å². The number of quaternary nitrogens is 1. The van der Waals surface area contributed by atoms with Gasteiger partial charge in [-0.15, -0.1) is 0 Å². The summed E-state index contributed by atoms with van der Waals surface area (Å²) in [5.41, 5.74) is 0. The first-order chi connectivity index (χ1) is 9.29. The van der Waals surface area contributed by atoms with E-state index in [2.05, 4.69) is 14.5 Å². The van der Waals surface area contributed by atoms with Gasteiger partial charge in [-0.25, -0.2) is 14.2 Å². The lowest BCUT2D eigenvalue weighted by molar-refractivity contribution is -0.911. The second-order valence-electron chi connectivity index (χ2n) is 4.50. The lowest BCUT2D eigenvalue weighted by atomic mass is 10.2. The van der Waals surface area contributed by atoms with Gasteiger partial charge in [0.15, 0.2) is 0 Å². The minimum atomic E-state index is -4.01. The van der Waals surface area contributed by atoms with Gasteiger partial charge < -0.3 is 9.38 Å². The van der Waals surface area contributed by atoms with Gasteiger partial charge in [-0.05, 0) is 0 Å². The maximum Gasteiger partial charge on any atom is 0.472 e. The predicted octanol–water partition coefficient (Wildman–Crippen LogP) is -0.134. The minimum Gasteiger partial charge on any atom is -0.321 e. The molecule has 0 aromatic carbocycles. The second-order valence-corrected chi connectivity index (χ2v) is 6.06. The lowest BCUT2D eigenvalue weighted by Crippen LogP contribution is -2.53. The average molecular weight is 308 g/mol. The zero-order chi connectivity index (χ0) is 15.6. The third-order valence-corrected chi connectivity index (χ3v) is 3.84. The molecule has 0 saturated heterocycles. The van der Waals surface area contributed by atoms with Crippen LogP contribution >= 0.6 is 7.82 Å². The van der Waals surface area contributed by atoms with Crippen LogP contribution in [0, 0.1) is 0 Å². The molecule has 9 nitrogen and oxygen atoms in total. The molecule has 1 atom stereocenters. The monoisotopic (exact) mass is 308 g/mol. The average Bonchev–Trinajstić information content (AvgIpc) is 2.38. The number of hydrogen-bond acceptors (Lipinski definition) is 7. The van der Waals surface area contributed by atoms with Crippen LogP contribution in [-0.4, -0.2) is 75.0 Å². The quantitative estimate of drug-likeness (QED) is 0.260. The standard InChI is InChI=1S/C10H18N3O6P/c1-13(2,4-5-19-20(16,17)18-3)10(6-11-8-14)7-12-9-15/h10H,4-7H2,1-3H3/p+1. The summed E-state index contributed by atoms with van der Waals surface area (Å²) in [6.45, 7) is 0.549. The molecule has 0 fully saturated rings. The Morgan fingerprint density at radius 2 is 1.75 bits per heavy atom. The molecular formula is C10H19N3O6P+. The number of nitrogens with zero attached hydrogens (tertiary/aromatic N) is 3. The number of isocyanates is 2. The Morgan fingerprint density at radius 1 is 1.25 bits per heavy atom. The molecule has 0 heterocycles.